The fourth-order valence-corrected chi connectivity index (χ4v) is 21.3. The first-order valence-electron chi connectivity index (χ1n) is 53.7. The van der Waals surface area contributed by atoms with E-state index in [0.29, 0.717) is 79.5 Å². The van der Waals surface area contributed by atoms with Crippen molar-refractivity contribution in [1.82, 2.24) is 78.9 Å². The van der Waals surface area contributed by atoms with E-state index in [1.165, 1.54) is 127 Å². The summed E-state index contributed by atoms with van der Waals surface area (Å²) < 4.78 is 38.3. The van der Waals surface area contributed by atoms with Crippen LogP contribution in [0, 0.1) is 71.0 Å². The Hall–Kier alpha value is -8.38. The zero-order chi connectivity index (χ0) is 103. The molecular weight excluding hydrogens is 1770 g/mol. The lowest BCUT2D eigenvalue weighted by molar-refractivity contribution is -0.142. The zero-order valence-electron chi connectivity index (χ0n) is 91.4. The molecule has 0 N–H and O–H groups in total. The maximum Gasteiger partial charge on any atom is 0.433 e. The third-order valence-electron chi connectivity index (χ3n) is 30.1. The smallest absolute Gasteiger partial charge is 0.371 e. The van der Waals surface area contributed by atoms with Crippen LogP contribution in [-0.4, -0.2) is 324 Å². The van der Waals surface area contributed by atoms with Crippen LogP contribution in [-0.2, 0) is 39.7 Å². The highest BCUT2D eigenvalue weighted by atomic mass is 19.4. The van der Waals surface area contributed by atoms with E-state index in [-0.39, 0.29) is 70.6 Å². The van der Waals surface area contributed by atoms with Gasteiger partial charge >= 0.3 is 6.18 Å². The molecule has 4 aromatic rings. The van der Waals surface area contributed by atoms with Crippen molar-refractivity contribution in [3.05, 3.63) is 85.0 Å². The molecule has 0 spiro atoms. The number of anilines is 4. The first-order valence-corrected chi connectivity index (χ1v) is 53.7. The van der Waals surface area contributed by atoms with E-state index in [1.54, 1.807) is 41.9 Å². The Labute approximate surface area is 843 Å². The molecule has 9 aliphatic rings. The van der Waals surface area contributed by atoms with Gasteiger partial charge in [-0.15, -0.1) is 0 Å². The van der Waals surface area contributed by atoms with Crippen molar-refractivity contribution in [2.24, 2.45) is 64.1 Å². The summed E-state index contributed by atoms with van der Waals surface area (Å²) in [5.41, 5.74) is 0.977. The molecule has 7 amide bonds. The van der Waals surface area contributed by atoms with Crippen LogP contribution < -0.4 is 19.6 Å². The van der Waals surface area contributed by atoms with Crippen molar-refractivity contribution < 1.29 is 46.7 Å². The van der Waals surface area contributed by atoms with Crippen LogP contribution >= 0.6 is 0 Å². The second-order valence-electron chi connectivity index (χ2n) is 44.9. The predicted molar refractivity (Wildman–Crippen MR) is 562 cm³/mol. The van der Waals surface area contributed by atoms with Gasteiger partial charge in [-0.05, 0) is 216 Å². The normalized spacial score (nSPS) is 18.7. The molecule has 30 heteroatoms. The average molecular weight is 1960 g/mol. The van der Waals surface area contributed by atoms with Gasteiger partial charge in [0.25, 0.3) is 0 Å². The number of halogens is 3. The zero-order valence-corrected chi connectivity index (χ0v) is 91.4. The minimum Gasteiger partial charge on any atom is -0.371 e. The van der Waals surface area contributed by atoms with E-state index in [4.69, 9.17) is 0 Å². The number of likely N-dealkylation sites (tertiary alicyclic amines) is 3. The Bertz CT molecular complexity index is 4220. The van der Waals surface area contributed by atoms with Gasteiger partial charge in [-0.25, -0.2) is 29.9 Å². The molecule has 140 heavy (non-hydrogen) atoms. The summed E-state index contributed by atoms with van der Waals surface area (Å²) in [4.78, 5) is 138. The van der Waals surface area contributed by atoms with E-state index in [2.05, 4.69) is 104 Å². The lowest BCUT2D eigenvalue weighted by Crippen LogP contribution is -2.49. The summed E-state index contributed by atoms with van der Waals surface area (Å²) in [7, 11) is 11.5. The van der Waals surface area contributed by atoms with Crippen LogP contribution in [0.5, 0.6) is 0 Å². The van der Waals surface area contributed by atoms with Crippen molar-refractivity contribution in [2.75, 3.05) is 193 Å². The molecule has 7 saturated heterocycles. The van der Waals surface area contributed by atoms with Crippen molar-refractivity contribution in [3.63, 3.8) is 0 Å². The number of aromatic nitrogens is 6. The largest absolute Gasteiger partial charge is 0.433 e. The molecule has 0 unspecified atom stereocenters. The fraction of sp³-hybridized carbons (Fsp3) is 0.773. The second kappa shape index (κ2) is 58.5. The molecule has 0 atom stereocenters. The average Bonchev–Trinajstić information content (AvgIpc) is 0.930. The quantitative estimate of drug-likeness (QED) is 0.0633. The number of carbonyl (C=O) groups is 7. The van der Waals surface area contributed by atoms with E-state index >= 15 is 0 Å². The van der Waals surface area contributed by atoms with E-state index in [1.807, 2.05) is 188 Å². The highest BCUT2D eigenvalue weighted by molar-refractivity contribution is 5.83. The number of hydrogen-bond acceptors (Lipinski definition) is 20. The van der Waals surface area contributed by atoms with Gasteiger partial charge in [-0.1, -0.05) is 174 Å². The molecule has 1 aromatic carbocycles. The number of piperidine rings is 7. The highest BCUT2D eigenvalue weighted by Gasteiger charge is 2.39. The summed E-state index contributed by atoms with van der Waals surface area (Å²) in [6, 6.07) is 15.8. The SMILES string of the molecule is CC(C)C(=O)N(C)C1CCN(c2ccncn2)CC1.CC(C)C(=O)N(C)CC1CCN(C2CCCC2)CC1.CC(C)C(=O)N(C)CC1CCN(CC2CCCCC2)CC1.CC(C)C(=O)N(C)CC1CCN(c2ccncn2)CC1.CCN(CC)C1CCN(C(=O)C(C)(C)C)CC1.CN(C(=O)C(C)(C)C)C1CCN(c2nccc(C(F)(F)F)n2)CC1.Cc1ccc(N2CCC(N(C)C(=O)C(C)C)CC2)cc1. The van der Waals surface area contributed by atoms with Crippen LogP contribution in [0.3, 0.4) is 0 Å². The standard InChI is InChI=1S/C18H34N2O.C17H26N2O.C16H23F3N4O.C16H30N2O.C15H24N4O.C14H22N4O.C14H28N2O/c1-15(2)18(21)19(3)13-17-9-11-20(12-10-17)14-16-7-5-4-6-8-16;1-13(2)17(20)18(4)15-9-11-19(12-10-15)16-7-5-14(3)6-8-16;1-15(2,3)13(24)22(4)11-6-9-23(10-7-11)14-20-8-5-12(21-14)16(17,18)19;1-13(2)16(19)17(3)12-14-8-10-18(11-9-14)15-6-4-5-7-15;1-12(2)15(20)18(3)10-13-5-8-19(9-6-13)14-4-7-16-11-17-14;1-11(2)14(19)17(3)12-5-8-18(9-6-12)13-4-7-15-10-16-13;1-6-15(7-2)12-8-10-16(11-9-12)13(17)14(3,4)5/h15-17H,4-14H2,1-3H3;5-8,13,15H,9-12H2,1-4H3;5,8,11H,6-7,9-10H2,1-4H3;13-15H,4-12H2,1-3H3;4,7,11-13H,5-6,8-10H2,1-3H3;4,7,10-12H,5-6,8-9H2,1-3H3;12H,6-11H2,1-5H3. The number of aryl methyl sites for hydroxylation is 1. The van der Waals surface area contributed by atoms with Crippen LogP contribution in [0.1, 0.15) is 284 Å². The van der Waals surface area contributed by atoms with Crippen molar-refractivity contribution in [2.45, 2.75) is 316 Å². The number of alkyl halides is 3. The fourth-order valence-electron chi connectivity index (χ4n) is 21.3. The van der Waals surface area contributed by atoms with Gasteiger partial charge in [0.2, 0.25) is 47.3 Å². The number of carbonyl (C=O) groups excluding carboxylic acids is 7. The first kappa shape index (κ1) is 119. The number of nitrogens with zero attached hydrogens (tertiary/aromatic N) is 20. The first-order chi connectivity index (χ1) is 66.2. The third-order valence-corrected chi connectivity index (χ3v) is 30.1. The lowest BCUT2D eigenvalue weighted by Gasteiger charge is -2.39. The molecule has 27 nitrogen and oxygen atoms in total. The summed E-state index contributed by atoms with van der Waals surface area (Å²) in [5.74, 6) is 7.24. The molecule has 13 rings (SSSR count). The predicted octanol–water partition coefficient (Wildman–Crippen LogP) is 17.9. The minimum atomic E-state index is -4.48. The van der Waals surface area contributed by atoms with E-state index < -0.39 is 17.3 Å². The van der Waals surface area contributed by atoms with Crippen LogP contribution in [0.15, 0.2) is 73.7 Å². The molecule has 10 heterocycles. The third kappa shape index (κ3) is 39.0. The number of rotatable bonds is 24. The van der Waals surface area contributed by atoms with E-state index in [9.17, 15) is 46.7 Å². The molecule has 0 bridgehead atoms. The summed E-state index contributed by atoms with van der Waals surface area (Å²) in [6.45, 7) is 58.1. The Kier molecular flexibility index (Phi) is 49.6. The van der Waals surface area contributed by atoms with Crippen molar-refractivity contribution in [3.8, 4) is 0 Å². The molecular formula is C110H187F3N20O7. The molecule has 9 fully saturated rings. The molecule has 7 aliphatic heterocycles. The Balaban J connectivity index is 0.000000223. The van der Waals surface area contributed by atoms with Gasteiger partial charge in [0, 0.05) is 229 Å². The van der Waals surface area contributed by atoms with Gasteiger partial charge < -0.3 is 68.6 Å². The van der Waals surface area contributed by atoms with Gasteiger partial charge in [0.05, 0.1) is 0 Å². The van der Waals surface area contributed by atoms with Gasteiger partial charge in [-0.3, -0.25) is 33.6 Å². The summed E-state index contributed by atoms with van der Waals surface area (Å²) in [6.07, 6.45) is 31.3. The topological polar surface area (TPSA) is 242 Å². The number of hydrogen-bond donors (Lipinski definition) is 0. The summed E-state index contributed by atoms with van der Waals surface area (Å²) >= 11 is 0. The van der Waals surface area contributed by atoms with Crippen molar-refractivity contribution in [1.29, 1.82) is 0 Å². The second-order valence-corrected chi connectivity index (χ2v) is 44.9. The maximum atomic E-state index is 12.8. The number of amides is 7. The van der Waals surface area contributed by atoms with Gasteiger partial charge in [0.1, 0.15) is 30.0 Å². The highest BCUT2D eigenvalue weighted by Crippen LogP contribution is 2.35. The van der Waals surface area contributed by atoms with Gasteiger partial charge in [0.15, 0.2) is 0 Å². The van der Waals surface area contributed by atoms with Crippen molar-refractivity contribution >= 4 is 64.6 Å². The minimum absolute atomic E-state index is 0.0660. The molecule has 2 aliphatic carbocycles. The van der Waals surface area contributed by atoms with Gasteiger partial charge in [-0.2, -0.15) is 13.2 Å². The maximum absolute atomic E-state index is 12.8. The molecule has 3 aromatic heterocycles. The molecule has 790 valence electrons. The molecule has 2 saturated carbocycles. The van der Waals surface area contributed by atoms with E-state index in [0.717, 1.165) is 172 Å². The van der Waals surface area contributed by atoms with Crippen LogP contribution in [0.25, 0.3) is 0 Å². The monoisotopic (exact) mass is 1960 g/mol. The lowest BCUT2D eigenvalue weighted by atomic mass is 9.88. The van der Waals surface area contributed by atoms with Crippen LogP contribution in [0.4, 0.5) is 36.4 Å². The Morgan fingerprint density at radius 1 is 0.386 bits per heavy atom. The summed E-state index contributed by atoms with van der Waals surface area (Å²) in [5, 5.41) is 0. The molecule has 0 radical (unpaired) electrons. The number of benzene rings is 1. The Morgan fingerprint density at radius 3 is 1.14 bits per heavy atom. The Morgan fingerprint density at radius 2 is 0.757 bits per heavy atom. The van der Waals surface area contributed by atoms with Crippen LogP contribution in [0.2, 0.25) is 0 Å².